The topological polar surface area (TPSA) is 92.4 Å². The first-order valence-corrected chi connectivity index (χ1v) is 11.8. The molecule has 6 nitrogen and oxygen atoms in total. The van der Waals surface area contributed by atoms with Crippen LogP contribution in [0.1, 0.15) is 35.2 Å². The minimum atomic E-state index is -0.174. The molecule has 32 heavy (non-hydrogen) atoms. The van der Waals surface area contributed by atoms with Crippen LogP contribution in [0.25, 0.3) is 11.3 Å². The molecule has 1 amide bonds. The van der Waals surface area contributed by atoms with E-state index in [1.807, 2.05) is 48.5 Å². The highest BCUT2D eigenvalue weighted by molar-refractivity contribution is 14.1. The van der Waals surface area contributed by atoms with Crippen LogP contribution >= 0.6 is 22.6 Å². The van der Waals surface area contributed by atoms with E-state index in [9.17, 15) is 4.79 Å². The molecular weight excluding hydrogens is 513 g/mol. The Morgan fingerprint density at radius 1 is 1.16 bits per heavy atom. The first kappa shape index (κ1) is 22.4. The average molecular weight is 539 g/mol. The van der Waals surface area contributed by atoms with Crippen LogP contribution in [-0.4, -0.2) is 35.9 Å². The van der Waals surface area contributed by atoms with Gasteiger partial charge in [-0.1, -0.05) is 18.2 Å². The Hall–Kier alpha value is -2.78. The minimum Gasteiger partial charge on any atom is -0.384 e. The molecule has 1 fully saturated rings. The van der Waals surface area contributed by atoms with Gasteiger partial charge >= 0.3 is 0 Å². The van der Waals surface area contributed by atoms with Crippen LogP contribution in [0.15, 0.2) is 71.9 Å². The van der Waals surface area contributed by atoms with Gasteiger partial charge in [0.05, 0.1) is 5.69 Å². The van der Waals surface area contributed by atoms with Crippen LogP contribution in [0.3, 0.4) is 0 Å². The number of aliphatic imine (C=N–C) groups is 1. The van der Waals surface area contributed by atoms with Crippen molar-refractivity contribution in [3.8, 4) is 11.3 Å². The number of carbonyl (C=O) groups is 1. The predicted octanol–water partition coefficient (Wildman–Crippen LogP) is 4.45. The lowest BCUT2D eigenvalue weighted by Crippen LogP contribution is -2.23. The molecule has 3 aromatic rings. The molecular formula is C25H26IN5O. The smallest absolute Gasteiger partial charge is 0.255 e. The highest BCUT2D eigenvalue weighted by Crippen LogP contribution is 2.27. The number of nitrogens with one attached hydrogen (secondary N) is 2. The fraction of sp³-hybridized carbons (Fsp3) is 0.240. The van der Waals surface area contributed by atoms with Gasteiger partial charge in [0.25, 0.3) is 5.91 Å². The van der Waals surface area contributed by atoms with Gasteiger partial charge in [-0.3, -0.25) is 14.8 Å². The number of nitrogens with two attached hydrogens (primary N) is 1. The van der Waals surface area contributed by atoms with Crippen LogP contribution in [-0.2, 0) is 0 Å². The van der Waals surface area contributed by atoms with Gasteiger partial charge in [-0.15, -0.1) is 0 Å². The van der Waals surface area contributed by atoms with Gasteiger partial charge in [0, 0.05) is 44.7 Å². The van der Waals surface area contributed by atoms with Gasteiger partial charge in [-0.25, -0.2) is 0 Å². The summed E-state index contributed by atoms with van der Waals surface area (Å²) in [5.41, 5.74) is 10.1. The highest BCUT2D eigenvalue weighted by Gasteiger charge is 2.13. The van der Waals surface area contributed by atoms with E-state index in [0.29, 0.717) is 24.0 Å². The van der Waals surface area contributed by atoms with E-state index in [4.69, 9.17) is 5.73 Å². The lowest BCUT2D eigenvalue weighted by atomic mass is 10.1. The van der Waals surface area contributed by atoms with E-state index in [2.05, 4.69) is 43.2 Å². The number of hydrogen-bond donors (Lipinski definition) is 3. The van der Waals surface area contributed by atoms with Crippen LogP contribution < -0.4 is 16.4 Å². The van der Waals surface area contributed by atoms with Crippen LogP contribution in [0, 0.1) is 3.57 Å². The van der Waals surface area contributed by atoms with E-state index in [-0.39, 0.29) is 5.91 Å². The Labute approximate surface area is 201 Å². The second-order valence-corrected chi connectivity index (χ2v) is 8.95. The Morgan fingerprint density at radius 2 is 1.97 bits per heavy atom. The summed E-state index contributed by atoms with van der Waals surface area (Å²) >= 11 is 2.28. The van der Waals surface area contributed by atoms with Gasteiger partial charge in [0.1, 0.15) is 5.84 Å². The third kappa shape index (κ3) is 5.72. The third-order valence-corrected chi connectivity index (χ3v) is 6.47. The maximum absolute atomic E-state index is 12.7. The average Bonchev–Trinajstić information content (AvgIpc) is 3.34. The van der Waals surface area contributed by atoms with Crippen molar-refractivity contribution in [2.45, 2.75) is 25.3 Å². The number of anilines is 1. The molecule has 0 radical (unpaired) electrons. The van der Waals surface area contributed by atoms with E-state index in [1.54, 1.807) is 18.3 Å². The van der Waals surface area contributed by atoms with Crippen molar-refractivity contribution in [1.82, 2.24) is 10.3 Å². The van der Waals surface area contributed by atoms with Crippen molar-refractivity contribution in [3.63, 3.8) is 0 Å². The zero-order valence-corrected chi connectivity index (χ0v) is 19.9. The maximum atomic E-state index is 12.7. The number of amides is 1. The fourth-order valence-electron chi connectivity index (χ4n) is 3.75. The number of amidine groups is 1. The van der Waals surface area contributed by atoms with Crippen molar-refractivity contribution >= 4 is 40.0 Å². The number of aromatic nitrogens is 1. The summed E-state index contributed by atoms with van der Waals surface area (Å²) < 4.78 is 1.07. The molecule has 164 valence electrons. The Kier molecular flexibility index (Phi) is 7.49. The normalized spacial score (nSPS) is 16.2. The summed E-state index contributed by atoms with van der Waals surface area (Å²) in [6, 6.07) is 19.4. The number of rotatable bonds is 7. The van der Waals surface area contributed by atoms with E-state index >= 15 is 0 Å². The molecule has 4 N–H and O–H groups in total. The van der Waals surface area contributed by atoms with Crippen molar-refractivity contribution in [2.75, 3.05) is 18.4 Å². The van der Waals surface area contributed by atoms with Crippen molar-refractivity contribution < 1.29 is 4.79 Å². The fourth-order valence-corrected chi connectivity index (χ4v) is 4.36. The maximum Gasteiger partial charge on any atom is 0.255 e. The van der Waals surface area contributed by atoms with E-state index in [1.165, 1.54) is 12.8 Å². The summed E-state index contributed by atoms with van der Waals surface area (Å²) in [6.45, 7) is 1.80. The SMILES string of the molecule is NC(=NCCC1CCCN1)c1ccc(C(=O)Nc2ccc(I)c(-c3ccccn3)c2)cc1. The van der Waals surface area contributed by atoms with Crippen molar-refractivity contribution in [3.05, 3.63) is 81.6 Å². The molecule has 0 aliphatic carbocycles. The molecule has 1 unspecified atom stereocenters. The number of pyridine rings is 1. The second kappa shape index (κ2) is 10.7. The van der Waals surface area contributed by atoms with Gasteiger partial charge in [0.2, 0.25) is 0 Å². The number of hydrogen-bond acceptors (Lipinski definition) is 4. The number of carbonyl (C=O) groups excluding carboxylic acids is 1. The lowest BCUT2D eigenvalue weighted by Gasteiger charge is -2.10. The predicted molar refractivity (Wildman–Crippen MR) is 138 cm³/mol. The molecule has 4 rings (SSSR count). The van der Waals surface area contributed by atoms with Crippen molar-refractivity contribution in [1.29, 1.82) is 0 Å². The third-order valence-electron chi connectivity index (χ3n) is 5.53. The number of nitrogens with zero attached hydrogens (tertiary/aromatic N) is 2. The van der Waals surface area contributed by atoms with Gasteiger partial charge in [-0.05, 0) is 90.9 Å². The molecule has 0 saturated carbocycles. The summed E-state index contributed by atoms with van der Waals surface area (Å²) in [5, 5.41) is 6.44. The molecule has 7 heteroatoms. The molecule has 1 aliphatic rings. The summed E-state index contributed by atoms with van der Waals surface area (Å²) in [4.78, 5) is 21.7. The standard InChI is InChI=1S/C25H26IN5O/c26-22-11-10-20(16-21(22)23-5-1-2-13-29-23)31-25(32)18-8-6-17(7-9-18)24(27)30-15-12-19-4-3-14-28-19/h1-2,5-11,13,16,19,28H,3-4,12,14-15H2,(H2,27,30)(H,31,32). The molecule has 2 heterocycles. The Balaban J connectivity index is 1.39. The van der Waals surface area contributed by atoms with Crippen LogP contribution in [0.2, 0.25) is 0 Å². The molecule has 1 aromatic heterocycles. The number of benzene rings is 2. The van der Waals surface area contributed by atoms with E-state index in [0.717, 1.165) is 39.0 Å². The monoisotopic (exact) mass is 539 g/mol. The zero-order valence-electron chi connectivity index (χ0n) is 17.7. The molecule has 1 aliphatic heterocycles. The molecule has 1 atom stereocenters. The van der Waals surface area contributed by atoms with Gasteiger partial charge < -0.3 is 16.4 Å². The second-order valence-electron chi connectivity index (χ2n) is 7.79. The molecule has 0 bridgehead atoms. The Morgan fingerprint density at radius 3 is 2.69 bits per heavy atom. The summed E-state index contributed by atoms with van der Waals surface area (Å²) in [5.74, 6) is 0.333. The highest BCUT2D eigenvalue weighted by atomic mass is 127. The molecule has 1 saturated heterocycles. The van der Waals surface area contributed by atoms with Gasteiger partial charge in [0.15, 0.2) is 0 Å². The quantitative estimate of drug-likeness (QED) is 0.235. The van der Waals surface area contributed by atoms with Crippen molar-refractivity contribution in [2.24, 2.45) is 10.7 Å². The van der Waals surface area contributed by atoms with Gasteiger partial charge in [-0.2, -0.15) is 0 Å². The summed E-state index contributed by atoms with van der Waals surface area (Å²) in [7, 11) is 0. The Bertz CT molecular complexity index is 1090. The molecule has 0 spiro atoms. The zero-order chi connectivity index (χ0) is 22.3. The first-order valence-electron chi connectivity index (χ1n) is 10.8. The number of halogens is 1. The largest absolute Gasteiger partial charge is 0.384 e. The summed E-state index contributed by atoms with van der Waals surface area (Å²) in [6.07, 6.45) is 5.21. The lowest BCUT2D eigenvalue weighted by molar-refractivity contribution is 0.102. The van der Waals surface area contributed by atoms with Crippen LogP contribution in [0.5, 0.6) is 0 Å². The minimum absolute atomic E-state index is 0.174. The van der Waals surface area contributed by atoms with E-state index < -0.39 is 0 Å². The van der Waals surface area contributed by atoms with Crippen LogP contribution in [0.4, 0.5) is 5.69 Å². The first-order chi connectivity index (χ1) is 15.6. The molecule has 2 aromatic carbocycles.